The van der Waals surface area contributed by atoms with E-state index in [9.17, 15) is 0 Å². The van der Waals surface area contributed by atoms with Crippen LogP contribution >= 0.6 is 0 Å². The zero-order valence-electron chi connectivity index (χ0n) is 13.0. The van der Waals surface area contributed by atoms with Gasteiger partial charge in [0.1, 0.15) is 0 Å². The van der Waals surface area contributed by atoms with Gasteiger partial charge in [0.15, 0.2) is 0 Å². The Morgan fingerprint density at radius 1 is 0.778 bits per heavy atom. The number of benzene rings is 1. The maximum atomic E-state index is 2.39. The molecule has 0 nitrogen and oxygen atoms in total. The van der Waals surface area contributed by atoms with Crippen molar-refractivity contribution in [2.45, 2.75) is 78.1 Å². The van der Waals surface area contributed by atoms with Gasteiger partial charge in [-0.05, 0) is 58.8 Å². The third-order valence-electron chi connectivity index (χ3n) is 4.09. The van der Waals surface area contributed by atoms with E-state index in [0.29, 0.717) is 0 Å². The predicted molar refractivity (Wildman–Crippen MR) is 80.5 cm³/mol. The fourth-order valence-electron chi connectivity index (χ4n) is 3.31. The predicted octanol–water partition coefficient (Wildman–Crippen LogP) is 5.16. The topological polar surface area (TPSA) is 0 Å². The van der Waals surface area contributed by atoms with Gasteiger partial charge in [-0.3, -0.25) is 0 Å². The Balaban J connectivity index is 2.69. The fraction of sp³-hybridized carbons (Fsp3) is 0.667. The highest BCUT2D eigenvalue weighted by atomic mass is 14.3. The number of aryl methyl sites for hydroxylation is 1. The van der Waals surface area contributed by atoms with Gasteiger partial charge < -0.3 is 0 Å². The second-order valence-corrected chi connectivity index (χ2v) is 7.83. The van der Waals surface area contributed by atoms with Crippen molar-refractivity contribution in [3.8, 4) is 0 Å². The molecule has 0 heteroatoms. The average molecular weight is 244 g/mol. The molecule has 0 saturated carbocycles. The molecular formula is C18H28. The standard InChI is InChI=1S/C18H28/c1-17(2,3)15-12-11-13-9-7-8-10-14(13)16(15)18(4,5)6/h11-12H,7-10H2,1-6H3. The Bertz CT molecular complexity index is 438. The van der Waals surface area contributed by atoms with Crippen molar-refractivity contribution < 1.29 is 0 Å². The number of hydrogen-bond donors (Lipinski definition) is 0. The lowest BCUT2D eigenvalue weighted by Gasteiger charge is -2.35. The molecule has 0 spiro atoms. The monoisotopic (exact) mass is 244 g/mol. The largest absolute Gasteiger partial charge is 0.0585 e. The van der Waals surface area contributed by atoms with Crippen LogP contribution in [0.4, 0.5) is 0 Å². The maximum absolute atomic E-state index is 2.39. The lowest BCUT2D eigenvalue weighted by Crippen LogP contribution is -2.25. The summed E-state index contributed by atoms with van der Waals surface area (Å²) < 4.78 is 0. The molecule has 0 saturated heterocycles. The van der Waals surface area contributed by atoms with Crippen LogP contribution in [0, 0.1) is 0 Å². The summed E-state index contributed by atoms with van der Waals surface area (Å²) in [5, 5.41) is 0. The molecule has 100 valence electrons. The summed E-state index contributed by atoms with van der Waals surface area (Å²) in [4.78, 5) is 0. The number of rotatable bonds is 0. The summed E-state index contributed by atoms with van der Waals surface area (Å²) in [5.74, 6) is 0. The van der Waals surface area contributed by atoms with Gasteiger partial charge in [0.25, 0.3) is 0 Å². The van der Waals surface area contributed by atoms with Gasteiger partial charge in [-0.15, -0.1) is 0 Å². The maximum Gasteiger partial charge on any atom is -0.0126 e. The lowest BCUT2D eigenvalue weighted by atomic mass is 9.70. The van der Waals surface area contributed by atoms with E-state index in [1.54, 1.807) is 22.3 Å². The van der Waals surface area contributed by atoms with Gasteiger partial charge in [-0.2, -0.15) is 0 Å². The molecule has 18 heavy (non-hydrogen) atoms. The summed E-state index contributed by atoms with van der Waals surface area (Å²) in [6.45, 7) is 14.1. The molecule has 0 aliphatic heterocycles. The third kappa shape index (κ3) is 2.48. The Labute approximate surface area is 113 Å². The SMILES string of the molecule is CC(C)(C)c1ccc2c(c1C(C)(C)C)CCCC2. The van der Waals surface area contributed by atoms with Crippen LogP contribution in [0.15, 0.2) is 12.1 Å². The van der Waals surface area contributed by atoms with Crippen LogP contribution < -0.4 is 0 Å². The van der Waals surface area contributed by atoms with Crippen molar-refractivity contribution in [2.24, 2.45) is 0 Å². The third-order valence-corrected chi connectivity index (χ3v) is 4.09. The van der Waals surface area contributed by atoms with Crippen LogP contribution in [-0.4, -0.2) is 0 Å². The molecule has 0 fully saturated rings. The van der Waals surface area contributed by atoms with Crippen molar-refractivity contribution in [2.75, 3.05) is 0 Å². The molecule has 1 aromatic carbocycles. The zero-order chi connectivity index (χ0) is 13.6. The van der Waals surface area contributed by atoms with E-state index < -0.39 is 0 Å². The quantitative estimate of drug-likeness (QED) is 0.591. The van der Waals surface area contributed by atoms with Gasteiger partial charge in [0, 0.05) is 0 Å². The highest BCUT2D eigenvalue weighted by molar-refractivity contribution is 5.48. The molecule has 0 bridgehead atoms. The van der Waals surface area contributed by atoms with E-state index in [0.717, 1.165) is 0 Å². The summed E-state index contributed by atoms with van der Waals surface area (Å²) in [7, 11) is 0. The molecule has 2 rings (SSSR count). The van der Waals surface area contributed by atoms with Crippen LogP contribution in [0.25, 0.3) is 0 Å². The normalized spacial score (nSPS) is 16.6. The first-order valence-electron chi connectivity index (χ1n) is 7.37. The van der Waals surface area contributed by atoms with Gasteiger partial charge in [-0.25, -0.2) is 0 Å². The van der Waals surface area contributed by atoms with Crippen LogP contribution in [0.1, 0.15) is 76.6 Å². The van der Waals surface area contributed by atoms with E-state index in [-0.39, 0.29) is 10.8 Å². The van der Waals surface area contributed by atoms with Crippen molar-refractivity contribution in [1.82, 2.24) is 0 Å². The van der Waals surface area contributed by atoms with Gasteiger partial charge >= 0.3 is 0 Å². The lowest BCUT2D eigenvalue weighted by molar-refractivity contribution is 0.517. The zero-order valence-corrected chi connectivity index (χ0v) is 13.0. The summed E-state index contributed by atoms with van der Waals surface area (Å²) in [6.07, 6.45) is 5.30. The molecule has 1 aliphatic carbocycles. The molecule has 0 aromatic heterocycles. The molecule has 0 radical (unpaired) electrons. The van der Waals surface area contributed by atoms with Crippen LogP contribution in [-0.2, 0) is 23.7 Å². The van der Waals surface area contributed by atoms with E-state index in [1.807, 2.05) is 0 Å². The van der Waals surface area contributed by atoms with Gasteiger partial charge in [0.05, 0.1) is 0 Å². The molecular weight excluding hydrogens is 216 g/mol. The van der Waals surface area contributed by atoms with E-state index in [2.05, 4.69) is 53.7 Å². The van der Waals surface area contributed by atoms with E-state index >= 15 is 0 Å². The molecule has 1 aliphatic rings. The Morgan fingerprint density at radius 3 is 1.94 bits per heavy atom. The van der Waals surface area contributed by atoms with E-state index in [4.69, 9.17) is 0 Å². The average Bonchev–Trinajstić information content (AvgIpc) is 2.24. The molecule has 0 heterocycles. The second-order valence-electron chi connectivity index (χ2n) is 7.83. The highest BCUT2D eigenvalue weighted by Gasteiger charge is 2.29. The molecule has 0 unspecified atom stereocenters. The summed E-state index contributed by atoms with van der Waals surface area (Å²) in [6, 6.07) is 4.79. The molecule has 1 aromatic rings. The van der Waals surface area contributed by atoms with Crippen molar-refractivity contribution >= 4 is 0 Å². The molecule has 0 atom stereocenters. The summed E-state index contributed by atoms with van der Waals surface area (Å²) >= 11 is 0. The first kappa shape index (κ1) is 13.6. The fourth-order valence-corrected chi connectivity index (χ4v) is 3.31. The van der Waals surface area contributed by atoms with E-state index in [1.165, 1.54) is 25.7 Å². The molecule has 0 N–H and O–H groups in total. The minimum Gasteiger partial charge on any atom is -0.0585 e. The van der Waals surface area contributed by atoms with Crippen LogP contribution in [0.2, 0.25) is 0 Å². The number of fused-ring (bicyclic) bond motifs is 1. The second kappa shape index (κ2) is 4.40. The van der Waals surface area contributed by atoms with Crippen molar-refractivity contribution in [3.63, 3.8) is 0 Å². The van der Waals surface area contributed by atoms with Crippen LogP contribution in [0.5, 0.6) is 0 Å². The highest BCUT2D eigenvalue weighted by Crippen LogP contribution is 2.39. The minimum absolute atomic E-state index is 0.245. The first-order valence-corrected chi connectivity index (χ1v) is 7.37. The minimum atomic E-state index is 0.245. The first-order chi connectivity index (χ1) is 8.21. The summed E-state index contributed by atoms with van der Waals surface area (Å²) in [5.41, 5.74) is 6.96. The number of hydrogen-bond acceptors (Lipinski definition) is 0. The molecule has 0 amide bonds. The Kier molecular flexibility index (Phi) is 3.34. The van der Waals surface area contributed by atoms with Crippen LogP contribution in [0.3, 0.4) is 0 Å². The Morgan fingerprint density at radius 2 is 1.39 bits per heavy atom. The van der Waals surface area contributed by atoms with Crippen molar-refractivity contribution in [1.29, 1.82) is 0 Å². The Hall–Kier alpha value is -0.780. The van der Waals surface area contributed by atoms with Crippen molar-refractivity contribution in [3.05, 3.63) is 34.4 Å². The smallest absolute Gasteiger partial charge is 0.0126 e. The van der Waals surface area contributed by atoms with Gasteiger partial charge in [0.2, 0.25) is 0 Å². The van der Waals surface area contributed by atoms with Gasteiger partial charge in [-0.1, -0.05) is 53.7 Å².